The van der Waals surface area contributed by atoms with Gasteiger partial charge < -0.3 is 14.4 Å². The molecule has 0 aromatic carbocycles. The van der Waals surface area contributed by atoms with Crippen LogP contribution in [-0.4, -0.2) is 27.9 Å². The second kappa shape index (κ2) is 4.76. The van der Waals surface area contributed by atoms with E-state index >= 15 is 0 Å². The number of hydrogen-bond donors (Lipinski definition) is 1. The molecule has 1 aliphatic rings. The summed E-state index contributed by atoms with van der Waals surface area (Å²) in [5.74, 6) is -1.36. The average molecular weight is 316 g/mol. The quantitative estimate of drug-likeness (QED) is 0.930. The standard InChI is InChI=1S/C12H14BrNO4/c1-6(2)14-10(15)5-7(12(16)17)11(14)8-3-4-9(13)18-8/h3-4,6-7,11H,5H2,1-2H3,(H,16,17). The van der Waals surface area contributed by atoms with Gasteiger partial charge in [-0.15, -0.1) is 0 Å². The van der Waals surface area contributed by atoms with Crippen molar-refractivity contribution in [3.8, 4) is 0 Å². The van der Waals surface area contributed by atoms with Crippen molar-refractivity contribution in [2.24, 2.45) is 5.92 Å². The van der Waals surface area contributed by atoms with Crippen LogP contribution >= 0.6 is 15.9 Å². The molecule has 2 atom stereocenters. The van der Waals surface area contributed by atoms with Gasteiger partial charge in [0.1, 0.15) is 11.8 Å². The Morgan fingerprint density at radius 1 is 1.56 bits per heavy atom. The van der Waals surface area contributed by atoms with Crippen molar-refractivity contribution in [2.75, 3.05) is 0 Å². The van der Waals surface area contributed by atoms with Crippen molar-refractivity contribution < 1.29 is 19.1 Å². The molecule has 18 heavy (non-hydrogen) atoms. The smallest absolute Gasteiger partial charge is 0.309 e. The Bertz CT molecular complexity index is 482. The van der Waals surface area contributed by atoms with Gasteiger partial charge in [-0.3, -0.25) is 9.59 Å². The summed E-state index contributed by atoms with van der Waals surface area (Å²) in [4.78, 5) is 24.8. The van der Waals surface area contributed by atoms with Gasteiger partial charge in [-0.1, -0.05) is 0 Å². The van der Waals surface area contributed by atoms with Gasteiger partial charge in [0.2, 0.25) is 5.91 Å². The van der Waals surface area contributed by atoms with Crippen LogP contribution in [0.2, 0.25) is 0 Å². The van der Waals surface area contributed by atoms with Crippen LogP contribution in [0, 0.1) is 5.92 Å². The zero-order chi connectivity index (χ0) is 13.4. The molecule has 2 rings (SSSR count). The van der Waals surface area contributed by atoms with Crippen LogP contribution in [0.5, 0.6) is 0 Å². The molecule has 98 valence electrons. The number of halogens is 1. The Hall–Kier alpha value is -1.30. The lowest BCUT2D eigenvalue weighted by Gasteiger charge is -2.28. The first-order valence-electron chi connectivity index (χ1n) is 5.71. The van der Waals surface area contributed by atoms with Crippen LogP contribution in [0.3, 0.4) is 0 Å². The third kappa shape index (κ3) is 2.16. The highest BCUT2D eigenvalue weighted by molar-refractivity contribution is 9.10. The van der Waals surface area contributed by atoms with E-state index in [1.165, 1.54) is 0 Å². The number of amides is 1. The van der Waals surface area contributed by atoms with Crippen LogP contribution in [0.25, 0.3) is 0 Å². The number of carbonyl (C=O) groups excluding carboxylic acids is 1. The number of nitrogens with zero attached hydrogens (tertiary/aromatic N) is 1. The topological polar surface area (TPSA) is 70.8 Å². The predicted octanol–water partition coefficient (Wildman–Crippen LogP) is 2.42. The van der Waals surface area contributed by atoms with Gasteiger partial charge >= 0.3 is 5.97 Å². The monoisotopic (exact) mass is 315 g/mol. The maximum Gasteiger partial charge on any atom is 0.309 e. The van der Waals surface area contributed by atoms with E-state index < -0.39 is 17.9 Å². The van der Waals surface area contributed by atoms with Crippen LogP contribution in [0.4, 0.5) is 0 Å². The lowest BCUT2D eigenvalue weighted by atomic mass is 9.98. The molecule has 0 bridgehead atoms. The molecule has 1 N–H and O–H groups in total. The van der Waals surface area contributed by atoms with E-state index in [-0.39, 0.29) is 18.4 Å². The van der Waals surface area contributed by atoms with Crippen molar-refractivity contribution in [3.05, 3.63) is 22.6 Å². The van der Waals surface area contributed by atoms with Crippen molar-refractivity contribution in [1.82, 2.24) is 4.90 Å². The molecular weight excluding hydrogens is 302 g/mol. The summed E-state index contributed by atoms with van der Waals surface area (Å²) in [5, 5.41) is 9.24. The van der Waals surface area contributed by atoms with Crippen LogP contribution in [0.15, 0.2) is 21.2 Å². The number of likely N-dealkylation sites (tertiary alicyclic amines) is 1. The zero-order valence-corrected chi connectivity index (χ0v) is 11.7. The summed E-state index contributed by atoms with van der Waals surface area (Å²) in [7, 11) is 0. The molecule has 6 heteroatoms. The second-order valence-corrected chi connectivity index (χ2v) is 5.41. The van der Waals surface area contributed by atoms with Gasteiger partial charge in [0.15, 0.2) is 4.67 Å². The van der Waals surface area contributed by atoms with Gasteiger partial charge in [0, 0.05) is 12.5 Å². The molecule has 1 aromatic heterocycles. The first kappa shape index (κ1) is 13.1. The van der Waals surface area contributed by atoms with Crippen molar-refractivity contribution >= 4 is 27.8 Å². The van der Waals surface area contributed by atoms with E-state index in [2.05, 4.69) is 15.9 Å². The summed E-state index contributed by atoms with van der Waals surface area (Å²) in [6, 6.07) is 2.82. The first-order valence-corrected chi connectivity index (χ1v) is 6.50. The fourth-order valence-corrected chi connectivity index (χ4v) is 2.73. The summed E-state index contributed by atoms with van der Waals surface area (Å²) in [5.41, 5.74) is 0. The number of rotatable bonds is 3. The summed E-state index contributed by atoms with van der Waals surface area (Å²) >= 11 is 3.19. The van der Waals surface area contributed by atoms with Gasteiger partial charge in [0.05, 0.1) is 5.92 Å². The number of carbonyl (C=O) groups is 2. The molecule has 1 amide bonds. The van der Waals surface area contributed by atoms with Crippen LogP contribution in [-0.2, 0) is 9.59 Å². The molecular formula is C12H14BrNO4. The highest BCUT2D eigenvalue weighted by Crippen LogP contribution is 2.40. The summed E-state index contributed by atoms with van der Waals surface area (Å²) < 4.78 is 5.97. The normalized spacial score (nSPS) is 24.0. The van der Waals surface area contributed by atoms with Gasteiger partial charge in [-0.25, -0.2) is 0 Å². The van der Waals surface area contributed by atoms with E-state index in [0.29, 0.717) is 10.4 Å². The number of carboxylic acid groups (broad SMARTS) is 1. The van der Waals surface area contributed by atoms with E-state index in [4.69, 9.17) is 4.42 Å². The fourth-order valence-electron chi connectivity index (χ4n) is 2.41. The highest BCUT2D eigenvalue weighted by Gasteiger charge is 2.47. The van der Waals surface area contributed by atoms with E-state index in [0.717, 1.165) is 0 Å². The zero-order valence-electron chi connectivity index (χ0n) is 10.1. The molecule has 0 aliphatic carbocycles. The molecule has 0 spiro atoms. The maximum atomic E-state index is 11.9. The SMILES string of the molecule is CC(C)N1C(=O)CC(C(=O)O)C1c1ccc(Br)o1. The molecule has 1 fully saturated rings. The van der Waals surface area contributed by atoms with Crippen LogP contribution in [0.1, 0.15) is 32.1 Å². The Morgan fingerprint density at radius 2 is 2.22 bits per heavy atom. The molecule has 2 unspecified atom stereocenters. The van der Waals surface area contributed by atoms with E-state index in [9.17, 15) is 14.7 Å². The van der Waals surface area contributed by atoms with Crippen molar-refractivity contribution in [1.29, 1.82) is 0 Å². The number of aliphatic carboxylic acids is 1. The minimum absolute atomic E-state index is 0.0243. The minimum atomic E-state index is -0.968. The molecule has 0 radical (unpaired) electrons. The molecule has 1 saturated heterocycles. The molecule has 1 aromatic rings. The fraction of sp³-hybridized carbons (Fsp3) is 0.500. The summed E-state index contributed by atoms with van der Waals surface area (Å²) in [6.07, 6.45) is 0.0243. The summed E-state index contributed by atoms with van der Waals surface area (Å²) in [6.45, 7) is 3.74. The Morgan fingerprint density at radius 3 is 2.67 bits per heavy atom. The van der Waals surface area contributed by atoms with E-state index in [1.807, 2.05) is 13.8 Å². The third-order valence-electron chi connectivity index (χ3n) is 3.12. The van der Waals surface area contributed by atoms with E-state index in [1.54, 1.807) is 17.0 Å². The lowest BCUT2D eigenvalue weighted by molar-refractivity contribution is -0.143. The number of carboxylic acids is 1. The van der Waals surface area contributed by atoms with Crippen molar-refractivity contribution in [2.45, 2.75) is 32.4 Å². The predicted molar refractivity (Wildman–Crippen MR) is 66.9 cm³/mol. The van der Waals surface area contributed by atoms with Crippen LogP contribution < -0.4 is 0 Å². The average Bonchev–Trinajstić information content (AvgIpc) is 2.81. The van der Waals surface area contributed by atoms with Gasteiger partial charge in [0.25, 0.3) is 0 Å². The third-order valence-corrected chi connectivity index (χ3v) is 3.55. The Labute approximate surface area is 113 Å². The molecule has 2 heterocycles. The largest absolute Gasteiger partial charge is 0.481 e. The Balaban J connectivity index is 2.42. The molecule has 1 aliphatic heterocycles. The first-order chi connectivity index (χ1) is 8.41. The highest BCUT2D eigenvalue weighted by atomic mass is 79.9. The molecule has 0 saturated carbocycles. The number of hydrogen-bond acceptors (Lipinski definition) is 3. The van der Waals surface area contributed by atoms with Gasteiger partial charge in [-0.2, -0.15) is 0 Å². The lowest BCUT2D eigenvalue weighted by Crippen LogP contribution is -2.35. The maximum absolute atomic E-state index is 11.9. The van der Waals surface area contributed by atoms with Gasteiger partial charge in [-0.05, 0) is 41.9 Å². The molecule has 5 nitrogen and oxygen atoms in total. The second-order valence-electron chi connectivity index (χ2n) is 4.63. The Kier molecular flexibility index (Phi) is 3.47. The minimum Gasteiger partial charge on any atom is -0.481 e. The van der Waals surface area contributed by atoms with Crippen molar-refractivity contribution in [3.63, 3.8) is 0 Å². The number of furan rings is 1.